The zero-order valence-corrected chi connectivity index (χ0v) is 11.9. The van der Waals surface area contributed by atoms with Crippen LogP contribution in [0.3, 0.4) is 0 Å². The summed E-state index contributed by atoms with van der Waals surface area (Å²) < 4.78 is 0. The van der Waals surface area contributed by atoms with Crippen molar-refractivity contribution in [3.63, 3.8) is 0 Å². The maximum absolute atomic E-state index is 9.72. The average molecular weight is 231 g/mol. The lowest BCUT2D eigenvalue weighted by Gasteiger charge is -2.41. The van der Waals surface area contributed by atoms with Crippen LogP contribution in [-0.4, -0.2) is 8.07 Å². The number of benzene rings is 1. The summed E-state index contributed by atoms with van der Waals surface area (Å²) in [5.74, 6) is 0.353. The number of hydrogen-bond donors (Lipinski definition) is 0. The van der Waals surface area contributed by atoms with Crippen LogP contribution in [0.15, 0.2) is 30.3 Å². The monoisotopic (exact) mass is 231 g/mol. The van der Waals surface area contributed by atoms with Crippen LogP contribution < -0.4 is 0 Å². The molecule has 0 radical (unpaired) electrons. The van der Waals surface area contributed by atoms with Gasteiger partial charge in [-0.05, 0) is 11.5 Å². The summed E-state index contributed by atoms with van der Waals surface area (Å²) in [4.78, 5) is 0. The minimum absolute atomic E-state index is 0.283. The number of hydrogen-bond acceptors (Lipinski definition) is 1. The van der Waals surface area contributed by atoms with E-state index in [0.717, 1.165) is 0 Å². The maximum Gasteiger partial charge on any atom is 0.0758 e. The molecule has 0 aliphatic rings. The third-order valence-corrected chi connectivity index (χ3v) is 6.80. The van der Waals surface area contributed by atoms with Gasteiger partial charge in [-0.2, -0.15) is 5.26 Å². The van der Waals surface area contributed by atoms with Gasteiger partial charge in [-0.1, -0.05) is 63.8 Å². The second-order valence-electron chi connectivity index (χ2n) is 5.69. The predicted molar refractivity (Wildman–Crippen MR) is 71.9 cm³/mol. The average Bonchev–Trinajstić information content (AvgIpc) is 2.18. The molecule has 0 saturated carbocycles. The van der Waals surface area contributed by atoms with E-state index in [-0.39, 0.29) is 5.04 Å². The molecule has 0 amide bonds. The van der Waals surface area contributed by atoms with Crippen molar-refractivity contribution in [2.75, 3.05) is 0 Å². The maximum atomic E-state index is 9.72. The second kappa shape index (κ2) is 4.43. The molecular formula is C14H21NSi. The smallest absolute Gasteiger partial charge is 0.0758 e. The van der Waals surface area contributed by atoms with Gasteiger partial charge in [-0.3, -0.25) is 0 Å². The number of rotatable bonds is 3. The van der Waals surface area contributed by atoms with Crippen LogP contribution in [0.4, 0.5) is 0 Å². The lowest BCUT2D eigenvalue weighted by Crippen LogP contribution is -2.52. The Morgan fingerprint density at radius 2 is 1.62 bits per heavy atom. The molecule has 0 aliphatic carbocycles. The van der Waals surface area contributed by atoms with E-state index in [2.05, 4.69) is 51.7 Å². The molecule has 0 aromatic heterocycles. The fraction of sp³-hybridized carbons (Fsp3) is 0.500. The highest BCUT2D eigenvalue weighted by molar-refractivity contribution is 6.79. The van der Waals surface area contributed by atoms with Crippen LogP contribution in [-0.2, 0) is 5.04 Å². The first-order valence-electron chi connectivity index (χ1n) is 5.83. The second-order valence-corrected chi connectivity index (χ2v) is 11.0. The van der Waals surface area contributed by atoms with Crippen molar-refractivity contribution in [2.45, 2.75) is 38.5 Å². The third-order valence-electron chi connectivity index (χ3n) is 3.45. The molecule has 1 atom stereocenters. The first-order chi connectivity index (χ1) is 7.36. The Bertz CT molecular complexity index is 383. The zero-order valence-electron chi connectivity index (χ0n) is 10.9. The van der Waals surface area contributed by atoms with Crippen LogP contribution in [0.2, 0.25) is 19.6 Å². The van der Waals surface area contributed by atoms with Gasteiger partial charge in [0.05, 0.1) is 19.2 Å². The molecule has 1 aromatic carbocycles. The topological polar surface area (TPSA) is 23.8 Å². The molecule has 0 fully saturated rings. The number of nitrogens with zero attached hydrogens (tertiary/aromatic N) is 1. The fourth-order valence-corrected chi connectivity index (χ4v) is 5.79. The quantitative estimate of drug-likeness (QED) is 0.722. The lowest BCUT2D eigenvalue weighted by atomic mass is 9.88. The molecule has 0 heterocycles. The van der Waals surface area contributed by atoms with Crippen LogP contribution in [0.25, 0.3) is 0 Å². The standard InChI is InChI=1S/C14H21NSi/c1-12(2)14(11-15,16(3,4)5)13-9-7-6-8-10-13/h6-10,12H,1-5H3. The molecule has 0 saturated heterocycles. The predicted octanol–water partition coefficient (Wildman–Crippen LogP) is 3.98. The Hall–Kier alpha value is -1.07. The SMILES string of the molecule is CC(C)C(C#N)(c1ccccc1)[Si](C)(C)C. The van der Waals surface area contributed by atoms with Crippen LogP contribution >= 0.6 is 0 Å². The molecule has 86 valence electrons. The Morgan fingerprint density at radius 1 is 1.12 bits per heavy atom. The first kappa shape index (κ1) is 13.0. The Balaban J connectivity index is 3.44. The zero-order chi connectivity index (χ0) is 12.4. The van der Waals surface area contributed by atoms with Crippen molar-refractivity contribution in [3.8, 4) is 6.07 Å². The minimum atomic E-state index is -1.60. The van der Waals surface area contributed by atoms with Crippen molar-refractivity contribution in [3.05, 3.63) is 35.9 Å². The Labute approximate surface area is 100 Å². The van der Waals surface area contributed by atoms with E-state index in [0.29, 0.717) is 5.92 Å². The molecule has 0 N–H and O–H groups in total. The third kappa shape index (κ3) is 1.92. The van der Waals surface area contributed by atoms with Gasteiger partial charge in [0.2, 0.25) is 0 Å². The molecular weight excluding hydrogens is 210 g/mol. The summed E-state index contributed by atoms with van der Waals surface area (Å²) in [5.41, 5.74) is 1.19. The van der Waals surface area contributed by atoms with Crippen LogP contribution in [0.1, 0.15) is 19.4 Å². The van der Waals surface area contributed by atoms with E-state index in [1.807, 2.05) is 18.2 Å². The molecule has 2 heteroatoms. The molecule has 1 nitrogen and oxygen atoms in total. The summed E-state index contributed by atoms with van der Waals surface area (Å²) in [6, 6.07) is 12.9. The van der Waals surface area contributed by atoms with Gasteiger partial charge in [-0.15, -0.1) is 0 Å². The molecule has 0 spiro atoms. The molecule has 1 unspecified atom stereocenters. The van der Waals surface area contributed by atoms with Crippen molar-refractivity contribution in [1.29, 1.82) is 5.26 Å². The normalized spacial score (nSPS) is 15.6. The van der Waals surface area contributed by atoms with Gasteiger partial charge in [-0.25, -0.2) is 0 Å². The first-order valence-corrected chi connectivity index (χ1v) is 9.33. The molecule has 0 aliphatic heterocycles. The molecule has 0 bridgehead atoms. The summed E-state index contributed by atoms with van der Waals surface area (Å²) in [7, 11) is -1.60. The molecule has 1 aromatic rings. The highest BCUT2D eigenvalue weighted by atomic mass is 28.3. The fourth-order valence-electron chi connectivity index (χ4n) is 2.69. The van der Waals surface area contributed by atoms with Gasteiger partial charge in [0, 0.05) is 0 Å². The van der Waals surface area contributed by atoms with E-state index in [4.69, 9.17) is 0 Å². The highest BCUT2D eigenvalue weighted by Crippen LogP contribution is 2.40. The van der Waals surface area contributed by atoms with E-state index in [9.17, 15) is 5.26 Å². The van der Waals surface area contributed by atoms with Crippen molar-refractivity contribution in [1.82, 2.24) is 0 Å². The summed E-state index contributed by atoms with van der Waals surface area (Å²) in [5, 5.41) is 9.44. The van der Waals surface area contributed by atoms with Crippen LogP contribution in [0.5, 0.6) is 0 Å². The van der Waals surface area contributed by atoms with Gasteiger partial charge < -0.3 is 0 Å². The summed E-state index contributed by atoms with van der Waals surface area (Å²) >= 11 is 0. The Kier molecular flexibility index (Phi) is 3.60. The lowest BCUT2D eigenvalue weighted by molar-refractivity contribution is 0.510. The van der Waals surface area contributed by atoms with E-state index in [1.165, 1.54) is 5.56 Å². The highest BCUT2D eigenvalue weighted by Gasteiger charge is 2.47. The van der Waals surface area contributed by atoms with E-state index < -0.39 is 8.07 Å². The van der Waals surface area contributed by atoms with Gasteiger partial charge in [0.1, 0.15) is 0 Å². The molecule has 16 heavy (non-hydrogen) atoms. The minimum Gasteiger partial charge on any atom is -0.198 e. The van der Waals surface area contributed by atoms with Gasteiger partial charge in [0.25, 0.3) is 0 Å². The van der Waals surface area contributed by atoms with Gasteiger partial charge >= 0.3 is 0 Å². The van der Waals surface area contributed by atoms with Gasteiger partial charge in [0.15, 0.2) is 0 Å². The Morgan fingerprint density at radius 3 is 1.94 bits per heavy atom. The molecule has 1 rings (SSSR count). The largest absolute Gasteiger partial charge is 0.198 e. The van der Waals surface area contributed by atoms with Crippen molar-refractivity contribution >= 4 is 8.07 Å². The van der Waals surface area contributed by atoms with E-state index in [1.54, 1.807) is 0 Å². The van der Waals surface area contributed by atoms with Crippen molar-refractivity contribution < 1.29 is 0 Å². The van der Waals surface area contributed by atoms with E-state index >= 15 is 0 Å². The number of nitriles is 1. The van der Waals surface area contributed by atoms with Crippen molar-refractivity contribution in [2.24, 2.45) is 5.92 Å². The summed E-state index contributed by atoms with van der Waals surface area (Å²) in [6.45, 7) is 11.2. The van der Waals surface area contributed by atoms with Crippen LogP contribution in [0, 0.1) is 17.2 Å². The summed E-state index contributed by atoms with van der Waals surface area (Å²) in [6.07, 6.45) is 0.